The number of hydrogen-bond acceptors (Lipinski definition) is 12. The standard InChI is InChI=1S/C23H26N10O3S/c1-13-19(21(35)36)37-23(25-13)28-22-26-17(10-18(27-22)33-8-6-15(12-34)7-9-33)24-11-14-2-4-16(5-3-14)20-29-31-32-30-20/h2-5,10,15,34H,6-9,11-12H2,1H3,(H,35,36)(H,29,30,31,32)(H2,24,25,26,27,28). The second kappa shape index (κ2) is 10.8. The lowest BCUT2D eigenvalue weighted by Crippen LogP contribution is -2.35. The minimum absolute atomic E-state index is 0.173. The van der Waals surface area contributed by atoms with Gasteiger partial charge in [0.2, 0.25) is 11.8 Å². The zero-order valence-corrected chi connectivity index (χ0v) is 20.9. The highest BCUT2D eigenvalue weighted by atomic mass is 32.1. The highest BCUT2D eigenvalue weighted by Crippen LogP contribution is 2.28. The minimum atomic E-state index is -1.02. The van der Waals surface area contributed by atoms with Gasteiger partial charge in [0.05, 0.1) is 5.69 Å². The molecule has 1 fully saturated rings. The molecule has 0 spiro atoms. The number of nitrogens with zero attached hydrogens (tertiary/aromatic N) is 7. The van der Waals surface area contributed by atoms with Crippen LogP contribution in [0.4, 0.5) is 22.7 Å². The maximum atomic E-state index is 11.4. The fraction of sp³-hybridized carbons (Fsp3) is 0.348. The van der Waals surface area contributed by atoms with Gasteiger partial charge in [0.15, 0.2) is 5.13 Å². The van der Waals surface area contributed by atoms with Crippen molar-refractivity contribution in [2.45, 2.75) is 26.3 Å². The van der Waals surface area contributed by atoms with Crippen LogP contribution in [0.2, 0.25) is 0 Å². The Morgan fingerprint density at radius 1 is 1.19 bits per heavy atom. The first-order valence-corrected chi connectivity index (χ1v) is 12.6. The number of anilines is 4. The van der Waals surface area contributed by atoms with E-state index < -0.39 is 5.97 Å². The highest BCUT2D eigenvalue weighted by Gasteiger charge is 2.21. The molecule has 5 rings (SSSR count). The quantitative estimate of drug-likeness (QED) is 0.217. The van der Waals surface area contributed by atoms with Crippen molar-refractivity contribution in [1.82, 2.24) is 35.6 Å². The number of nitrogens with one attached hydrogen (secondary N) is 3. The summed E-state index contributed by atoms with van der Waals surface area (Å²) in [6.45, 7) is 3.92. The van der Waals surface area contributed by atoms with Crippen LogP contribution in [0.1, 0.15) is 33.8 Å². The van der Waals surface area contributed by atoms with Gasteiger partial charge in [-0.15, -0.1) is 10.2 Å². The lowest BCUT2D eigenvalue weighted by atomic mass is 9.98. The number of piperidine rings is 1. The van der Waals surface area contributed by atoms with Crippen LogP contribution in [-0.2, 0) is 6.54 Å². The molecule has 1 aromatic carbocycles. The third-order valence-electron chi connectivity index (χ3n) is 6.15. The van der Waals surface area contributed by atoms with Crippen molar-refractivity contribution in [3.63, 3.8) is 0 Å². The molecule has 1 aliphatic heterocycles. The fourth-order valence-corrected chi connectivity index (χ4v) is 4.88. The van der Waals surface area contributed by atoms with E-state index in [4.69, 9.17) is 0 Å². The Balaban J connectivity index is 1.35. The molecule has 0 radical (unpaired) electrons. The summed E-state index contributed by atoms with van der Waals surface area (Å²) < 4.78 is 0. The SMILES string of the molecule is Cc1nc(Nc2nc(NCc3ccc(-c4nn[nH]n4)cc3)cc(N3CCC(CO)CC3)n2)sc1C(=O)O. The lowest BCUT2D eigenvalue weighted by molar-refractivity contribution is 0.0701. The van der Waals surface area contributed by atoms with E-state index in [1.165, 1.54) is 0 Å². The molecule has 37 heavy (non-hydrogen) atoms. The average molecular weight is 523 g/mol. The van der Waals surface area contributed by atoms with Crippen LogP contribution in [0.15, 0.2) is 30.3 Å². The smallest absolute Gasteiger partial charge is 0.347 e. The average Bonchev–Trinajstić information content (AvgIpc) is 3.58. The first kappa shape index (κ1) is 24.5. The summed E-state index contributed by atoms with van der Waals surface area (Å²) in [5.74, 6) is 1.50. The van der Waals surface area contributed by atoms with Crippen LogP contribution in [0.5, 0.6) is 0 Å². The Kier molecular flexibility index (Phi) is 7.18. The summed E-state index contributed by atoms with van der Waals surface area (Å²) in [5, 5.41) is 39.7. The van der Waals surface area contributed by atoms with Crippen LogP contribution in [0.3, 0.4) is 0 Å². The van der Waals surface area contributed by atoms with Gasteiger partial charge in [0, 0.05) is 37.9 Å². The van der Waals surface area contributed by atoms with Crippen molar-refractivity contribution in [1.29, 1.82) is 0 Å². The van der Waals surface area contributed by atoms with E-state index >= 15 is 0 Å². The minimum Gasteiger partial charge on any atom is -0.477 e. The third kappa shape index (κ3) is 5.81. The van der Waals surface area contributed by atoms with E-state index in [-0.39, 0.29) is 11.5 Å². The molecule has 0 saturated carbocycles. The monoisotopic (exact) mass is 522 g/mol. The van der Waals surface area contributed by atoms with Gasteiger partial charge in [-0.3, -0.25) is 5.32 Å². The molecule has 0 bridgehead atoms. The maximum absolute atomic E-state index is 11.4. The number of tetrazole rings is 1. The van der Waals surface area contributed by atoms with Crippen LogP contribution < -0.4 is 15.5 Å². The van der Waals surface area contributed by atoms with Gasteiger partial charge >= 0.3 is 5.97 Å². The molecule has 4 aromatic rings. The number of aromatic nitrogens is 7. The van der Waals surface area contributed by atoms with Crippen molar-refractivity contribution in [2.75, 3.05) is 35.2 Å². The number of aliphatic hydroxyl groups is 1. The van der Waals surface area contributed by atoms with Gasteiger partial charge in [-0.25, -0.2) is 9.78 Å². The summed E-state index contributed by atoms with van der Waals surface area (Å²) in [6.07, 6.45) is 1.76. The first-order valence-electron chi connectivity index (χ1n) is 11.8. The number of hydrogen-bond donors (Lipinski definition) is 5. The molecule has 5 N–H and O–H groups in total. The molecule has 0 unspecified atom stereocenters. The highest BCUT2D eigenvalue weighted by molar-refractivity contribution is 7.17. The van der Waals surface area contributed by atoms with E-state index in [1.807, 2.05) is 30.3 Å². The predicted octanol–water partition coefficient (Wildman–Crippen LogP) is 2.68. The van der Waals surface area contributed by atoms with Crippen molar-refractivity contribution in [3.8, 4) is 11.4 Å². The number of aryl methyl sites for hydroxylation is 1. The number of carbonyl (C=O) groups is 1. The predicted molar refractivity (Wildman–Crippen MR) is 138 cm³/mol. The molecule has 1 saturated heterocycles. The van der Waals surface area contributed by atoms with Gasteiger partial charge in [-0.1, -0.05) is 35.6 Å². The van der Waals surface area contributed by atoms with Crippen LogP contribution in [-0.4, -0.2) is 71.5 Å². The molecule has 0 amide bonds. The fourth-order valence-electron chi connectivity index (χ4n) is 4.08. The van der Waals surface area contributed by atoms with Crippen LogP contribution >= 0.6 is 11.3 Å². The van der Waals surface area contributed by atoms with E-state index in [9.17, 15) is 15.0 Å². The molecule has 4 heterocycles. The Bertz CT molecular complexity index is 1350. The molecule has 1 aliphatic rings. The van der Waals surface area contributed by atoms with E-state index in [0.29, 0.717) is 40.9 Å². The van der Waals surface area contributed by atoms with E-state index in [2.05, 4.69) is 51.1 Å². The summed E-state index contributed by atoms with van der Waals surface area (Å²) in [7, 11) is 0. The number of benzene rings is 1. The van der Waals surface area contributed by atoms with Crippen molar-refractivity contribution < 1.29 is 15.0 Å². The number of aliphatic hydroxyl groups excluding tert-OH is 1. The van der Waals surface area contributed by atoms with Gasteiger partial charge in [-0.05, 0) is 36.5 Å². The number of H-pyrrole nitrogens is 1. The summed E-state index contributed by atoms with van der Waals surface area (Å²) in [4.78, 5) is 27.4. The Labute approximate surface area is 216 Å². The lowest BCUT2D eigenvalue weighted by Gasteiger charge is -2.32. The van der Waals surface area contributed by atoms with Gasteiger partial charge in [-0.2, -0.15) is 15.2 Å². The molecule has 14 heteroatoms. The van der Waals surface area contributed by atoms with Crippen molar-refractivity contribution in [3.05, 3.63) is 46.5 Å². The number of carboxylic acids is 1. The van der Waals surface area contributed by atoms with E-state index in [0.717, 1.165) is 54.2 Å². The Hall–Kier alpha value is -4.17. The molecule has 13 nitrogen and oxygen atoms in total. The molecule has 192 valence electrons. The molecule has 0 atom stereocenters. The second-order valence-corrected chi connectivity index (χ2v) is 9.70. The zero-order chi connectivity index (χ0) is 25.8. The van der Waals surface area contributed by atoms with Crippen molar-refractivity contribution in [2.24, 2.45) is 5.92 Å². The van der Waals surface area contributed by atoms with Gasteiger partial charge in [0.25, 0.3) is 0 Å². The van der Waals surface area contributed by atoms with Gasteiger partial charge < -0.3 is 20.4 Å². The number of aromatic carboxylic acids is 1. The maximum Gasteiger partial charge on any atom is 0.347 e. The summed E-state index contributed by atoms with van der Waals surface area (Å²) in [6, 6.07) is 9.71. The molecular weight excluding hydrogens is 496 g/mol. The number of aromatic amines is 1. The third-order valence-corrected chi connectivity index (χ3v) is 7.21. The first-order chi connectivity index (χ1) is 18.0. The second-order valence-electron chi connectivity index (χ2n) is 8.70. The summed E-state index contributed by atoms with van der Waals surface area (Å²) in [5.41, 5.74) is 2.33. The molecule has 3 aromatic heterocycles. The Morgan fingerprint density at radius 3 is 2.62 bits per heavy atom. The number of rotatable bonds is 9. The summed E-state index contributed by atoms with van der Waals surface area (Å²) >= 11 is 1.04. The van der Waals surface area contributed by atoms with E-state index in [1.54, 1.807) is 6.92 Å². The normalized spacial score (nSPS) is 14.1. The van der Waals surface area contributed by atoms with Gasteiger partial charge in [0.1, 0.15) is 16.5 Å². The Morgan fingerprint density at radius 2 is 1.97 bits per heavy atom. The number of thiazole rings is 1. The van der Waals surface area contributed by atoms with Crippen LogP contribution in [0, 0.1) is 12.8 Å². The zero-order valence-electron chi connectivity index (χ0n) is 20.0. The largest absolute Gasteiger partial charge is 0.477 e. The van der Waals surface area contributed by atoms with Crippen molar-refractivity contribution >= 4 is 40.0 Å². The molecule has 0 aliphatic carbocycles. The number of carboxylic acid groups (broad SMARTS) is 1. The molecular formula is C23H26N10O3S. The van der Waals surface area contributed by atoms with Crippen LogP contribution in [0.25, 0.3) is 11.4 Å². The topological polar surface area (TPSA) is 178 Å².